The number of carbonyl (C=O) groups excluding carboxylic acids is 3. The molecule has 0 radical (unpaired) electrons. The van der Waals surface area contributed by atoms with Gasteiger partial charge in [-0.05, 0) is 60.0 Å². The fourth-order valence-corrected chi connectivity index (χ4v) is 2.13. The third-order valence-corrected chi connectivity index (χ3v) is 3.20. The molecule has 0 spiro atoms. The molecule has 0 unspecified atom stereocenters. The average molecular weight is 363 g/mol. The van der Waals surface area contributed by atoms with Crippen LogP contribution in [0, 0.1) is 0 Å². The summed E-state index contributed by atoms with van der Waals surface area (Å²) in [6.07, 6.45) is 0.230. The van der Waals surface area contributed by atoms with Gasteiger partial charge >= 0.3 is 18.2 Å². The Bertz CT molecular complexity index is 424. The lowest BCUT2D eigenvalue weighted by molar-refractivity contribution is -0.146. The molecule has 0 N–H and O–H groups in total. The topological polar surface area (TPSA) is 82.1 Å². The molecule has 0 rings (SSSR count). The van der Waals surface area contributed by atoms with E-state index < -0.39 is 35.4 Å². The zero-order valence-corrected chi connectivity index (χ0v) is 16.6. The van der Waals surface area contributed by atoms with Crippen LogP contribution in [0.5, 0.6) is 0 Å². The maximum atomic E-state index is 12.5. The van der Waals surface area contributed by atoms with Crippen molar-refractivity contribution in [2.24, 2.45) is 0 Å². The summed E-state index contributed by atoms with van der Waals surface area (Å²) in [4.78, 5) is 37.8. The number of hydrogen-bond donors (Lipinski definition) is 0. The quantitative estimate of drug-likeness (QED) is 0.546. The van der Waals surface area contributed by atoms with E-state index in [0.29, 0.717) is 10.7 Å². The molecule has 0 aliphatic heterocycles. The SMILES string of the molecule is COC(=O)[C@H](CCSC)N(C(=O)OC(C)(C)C)C(=O)OC(C)(C)C. The lowest BCUT2D eigenvalue weighted by atomic mass is 10.2. The van der Waals surface area contributed by atoms with Crippen LogP contribution in [0.4, 0.5) is 9.59 Å². The number of carbonyl (C=O) groups is 3. The minimum atomic E-state index is -1.10. The van der Waals surface area contributed by atoms with E-state index in [4.69, 9.17) is 14.2 Å². The Balaban J connectivity index is 5.65. The molecule has 0 bridgehead atoms. The fourth-order valence-electron chi connectivity index (χ4n) is 1.67. The van der Waals surface area contributed by atoms with E-state index in [1.54, 1.807) is 41.5 Å². The van der Waals surface area contributed by atoms with Crippen molar-refractivity contribution >= 4 is 29.9 Å². The van der Waals surface area contributed by atoms with Crippen molar-refractivity contribution in [3.8, 4) is 0 Å². The Morgan fingerprint density at radius 3 is 1.67 bits per heavy atom. The van der Waals surface area contributed by atoms with Crippen LogP contribution in [0.15, 0.2) is 0 Å². The third-order valence-electron chi connectivity index (χ3n) is 2.56. The minimum Gasteiger partial charge on any atom is -0.467 e. The molecule has 0 fully saturated rings. The highest BCUT2D eigenvalue weighted by atomic mass is 32.2. The summed E-state index contributed by atoms with van der Waals surface area (Å²) < 4.78 is 15.3. The van der Waals surface area contributed by atoms with E-state index in [2.05, 4.69) is 0 Å². The van der Waals surface area contributed by atoms with Gasteiger partial charge in [-0.1, -0.05) is 0 Å². The normalized spacial score (nSPS) is 13.0. The van der Waals surface area contributed by atoms with E-state index in [1.165, 1.54) is 18.9 Å². The summed E-state index contributed by atoms with van der Waals surface area (Å²) in [5.41, 5.74) is -1.64. The molecule has 0 aliphatic carbocycles. The molecular weight excluding hydrogens is 334 g/mol. The highest BCUT2D eigenvalue weighted by Crippen LogP contribution is 2.19. The third kappa shape index (κ3) is 8.42. The second-order valence-corrected chi connectivity index (χ2v) is 8.14. The van der Waals surface area contributed by atoms with Gasteiger partial charge < -0.3 is 14.2 Å². The van der Waals surface area contributed by atoms with E-state index in [0.717, 1.165) is 0 Å². The van der Waals surface area contributed by atoms with Crippen LogP contribution < -0.4 is 0 Å². The van der Waals surface area contributed by atoms with Crippen molar-refractivity contribution in [1.29, 1.82) is 0 Å². The van der Waals surface area contributed by atoms with Crippen molar-refractivity contribution in [2.75, 3.05) is 19.1 Å². The van der Waals surface area contributed by atoms with E-state index >= 15 is 0 Å². The van der Waals surface area contributed by atoms with Gasteiger partial charge in [0.1, 0.15) is 17.2 Å². The number of ether oxygens (including phenoxy) is 3. The number of nitrogens with zero attached hydrogens (tertiary/aromatic N) is 1. The predicted molar refractivity (Wildman–Crippen MR) is 93.1 cm³/mol. The van der Waals surface area contributed by atoms with Crippen LogP contribution in [0.1, 0.15) is 48.0 Å². The van der Waals surface area contributed by atoms with Crippen LogP contribution in [-0.2, 0) is 19.0 Å². The van der Waals surface area contributed by atoms with Gasteiger partial charge in [-0.15, -0.1) is 0 Å². The summed E-state index contributed by atoms with van der Waals surface area (Å²) in [5, 5.41) is 0. The number of esters is 1. The van der Waals surface area contributed by atoms with Crippen LogP contribution >= 0.6 is 11.8 Å². The first-order valence-corrected chi connectivity index (χ1v) is 9.03. The van der Waals surface area contributed by atoms with Crippen LogP contribution in [0.25, 0.3) is 0 Å². The van der Waals surface area contributed by atoms with Gasteiger partial charge in [0.2, 0.25) is 0 Å². The summed E-state index contributed by atoms with van der Waals surface area (Å²) in [5.74, 6) is -0.136. The molecule has 2 amide bonds. The van der Waals surface area contributed by atoms with Gasteiger partial charge in [0.05, 0.1) is 7.11 Å². The second-order valence-electron chi connectivity index (χ2n) is 7.15. The second kappa shape index (κ2) is 9.15. The zero-order chi connectivity index (χ0) is 19.1. The number of imide groups is 1. The molecule has 1 atom stereocenters. The number of hydrogen-bond acceptors (Lipinski definition) is 7. The average Bonchev–Trinajstić information content (AvgIpc) is 2.38. The van der Waals surface area contributed by atoms with E-state index in [-0.39, 0.29) is 6.42 Å². The molecule has 0 aromatic rings. The molecule has 140 valence electrons. The van der Waals surface area contributed by atoms with Crippen molar-refractivity contribution in [1.82, 2.24) is 4.90 Å². The number of rotatable bonds is 5. The first-order valence-electron chi connectivity index (χ1n) is 7.64. The minimum absolute atomic E-state index is 0.242. The predicted octanol–water partition coefficient (Wildman–Crippen LogP) is 3.45. The van der Waals surface area contributed by atoms with Gasteiger partial charge in [0, 0.05) is 0 Å². The largest absolute Gasteiger partial charge is 0.467 e. The highest BCUT2D eigenvalue weighted by molar-refractivity contribution is 7.98. The number of thioether (sulfide) groups is 1. The van der Waals surface area contributed by atoms with E-state index in [1.807, 2.05) is 6.26 Å². The van der Waals surface area contributed by atoms with Crippen molar-refractivity contribution in [2.45, 2.75) is 65.2 Å². The lowest BCUT2D eigenvalue weighted by Gasteiger charge is -2.32. The Kier molecular flexibility index (Phi) is 8.60. The summed E-state index contributed by atoms with van der Waals surface area (Å²) in [6, 6.07) is -1.10. The Morgan fingerprint density at radius 2 is 1.38 bits per heavy atom. The smallest absolute Gasteiger partial charge is 0.420 e. The molecule has 0 aliphatic rings. The molecular formula is C16H29NO6S. The van der Waals surface area contributed by atoms with Crippen LogP contribution in [0.2, 0.25) is 0 Å². The Morgan fingerprint density at radius 1 is 0.958 bits per heavy atom. The first-order chi connectivity index (χ1) is 10.8. The molecule has 0 heterocycles. The van der Waals surface area contributed by atoms with Gasteiger partial charge in [-0.25, -0.2) is 14.4 Å². The first kappa shape index (κ1) is 22.6. The van der Waals surface area contributed by atoms with Crippen molar-refractivity contribution in [3.05, 3.63) is 0 Å². The molecule has 0 aromatic carbocycles. The lowest BCUT2D eigenvalue weighted by Crippen LogP contribution is -2.52. The zero-order valence-electron chi connectivity index (χ0n) is 15.8. The van der Waals surface area contributed by atoms with Gasteiger partial charge in [-0.3, -0.25) is 0 Å². The molecule has 0 saturated carbocycles. The van der Waals surface area contributed by atoms with Gasteiger partial charge in [-0.2, -0.15) is 16.7 Å². The monoisotopic (exact) mass is 363 g/mol. The summed E-state index contributed by atoms with van der Waals surface area (Å²) in [7, 11) is 1.21. The Hall–Kier alpha value is -1.44. The molecule has 0 aromatic heterocycles. The van der Waals surface area contributed by atoms with Gasteiger partial charge in [0.15, 0.2) is 0 Å². The highest BCUT2D eigenvalue weighted by Gasteiger charge is 2.40. The summed E-state index contributed by atoms with van der Waals surface area (Å²) >= 11 is 1.49. The van der Waals surface area contributed by atoms with Crippen LogP contribution in [-0.4, -0.2) is 59.4 Å². The molecule has 0 saturated heterocycles. The maximum absolute atomic E-state index is 12.5. The van der Waals surface area contributed by atoms with Gasteiger partial charge in [0.25, 0.3) is 0 Å². The molecule has 24 heavy (non-hydrogen) atoms. The van der Waals surface area contributed by atoms with Crippen LogP contribution in [0.3, 0.4) is 0 Å². The van der Waals surface area contributed by atoms with Crippen molar-refractivity contribution < 1.29 is 28.6 Å². The Labute approximate surface area is 148 Å². The number of methoxy groups -OCH3 is 1. The standard InChI is InChI=1S/C16H29NO6S/c1-15(2,3)22-13(19)17(14(20)23-16(4,5)6)11(9-10-24-8)12(18)21-7/h11H,9-10H2,1-8H3/t11-/m0/s1. The molecule has 8 heteroatoms. The molecule has 7 nitrogen and oxygen atoms in total. The fraction of sp³-hybridized carbons (Fsp3) is 0.812. The maximum Gasteiger partial charge on any atom is 0.420 e. The number of amides is 2. The van der Waals surface area contributed by atoms with E-state index in [9.17, 15) is 14.4 Å². The summed E-state index contributed by atoms with van der Waals surface area (Å²) in [6.45, 7) is 10.0. The van der Waals surface area contributed by atoms with Crippen molar-refractivity contribution in [3.63, 3.8) is 0 Å².